The van der Waals surface area contributed by atoms with Gasteiger partial charge < -0.3 is 15.5 Å². The molecule has 1 aromatic heterocycles. The Hall–Kier alpha value is -2.41. The maximum Gasteiger partial charge on any atom is 0.318 e. The van der Waals surface area contributed by atoms with Crippen LogP contribution in [0.25, 0.3) is 11.3 Å². The second-order valence-corrected chi connectivity index (χ2v) is 4.35. The van der Waals surface area contributed by atoms with Crippen LogP contribution in [0, 0.1) is 5.82 Å². The monoisotopic (exact) mass is 293 g/mol. The van der Waals surface area contributed by atoms with Gasteiger partial charge in [0, 0.05) is 5.56 Å². The Bertz CT molecular complexity index is 625. The lowest BCUT2D eigenvalue weighted by atomic mass is 10.2. The summed E-state index contributed by atoms with van der Waals surface area (Å²) in [5, 5.41) is 5.13. The standard InChI is InChI=1S/C13H12FN3O2S/c14-9-3-1-8(2-4-9)11-6-5-10(19-11)7-16-13(20)17-12(15)18/h1-6H,7H2,(H4,15,16,17,18,20). The molecule has 0 aliphatic carbocycles. The number of carbonyl (C=O) groups is 1. The minimum Gasteiger partial charge on any atom is -0.459 e. The molecule has 20 heavy (non-hydrogen) atoms. The third-order valence-corrected chi connectivity index (χ3v) is 2.70. The number of hydrogen-bond acceptors (Lipinski definition) is 3. The summed E-state index contributed by atoms with van der Waals surface area (Å²) in [6, 6.07) is 8.79. The Balaban J connectivity index is 1.97. The van der Waals surface area contributed by atoms with Crippen LogP contribution >= 0.6 is 12.2 Å². The van der Waals surface area contributed by atoms with Gasteiger partial charge in [0.25, 0.3) is 0 Å². The highest BCUT2D eigenvalue weighted by Crippen LogP contribution is 2.22. The first kappa shape index (κ1) is 14.0. The summed E-state index contributed by atoms with van der Waals surface area (Å²) in [4.78, 5) is 10.6. The summed E-state index contributed by atoms with van der Waals surface area (Å²) in [7, 11) is 0. The van der Waals surface area contributed by atoms with Crippen LogP contribution in [0.2, 0.25) is 0 Å². The Labute approximate surface area is 120 Å². The van der Waals surface area contributed by atoms with Gasteiger partial charge in [0.15, 0.2) is 5.11 Å². The van der Waals surface area contributed by atoms with Crippen LogP contribution < -0.4 is 16.4 Å². The van der Waals surface area contributed by atoms with E-state index in [1.807, 2.05) is 0 Å². The zero-order valence-electron chi connectivity index (χ0n) is 10.4. The molecule has 0 spiro atoms. The summed E-state index contributed by atoms with van der Waals surface area (Å²) in [5.41, 5.74) is 5.70. The Morgan fingerprint density at radius 3 is 2.60 bits per heavy atom. The highest BCUT2D eigenvalue weighted by Gasteiger charge is 2.06. The van der Waals surface area contributed by atoms with E-state index in [0.29, 0.717) is 18.1 Å². The average Bonchev–Trinajstić information content (AvgIpc) is 2.85. The normalized spacial score (nSPS) is 10.1. The summed E-state index contributed by atoms with van der Waals surface area (Å²) in [6.45, 7) is 0.306. The van der Waals surface area contributed by atoms with Gasteiger partial charge in [-0.1, -0.05) is 0 Å². The van der Waals surface area contributed by atoms with Crippen LogP contribution in [-0.2, 0) is 6.54 Å². The number of primary amides is 1. The molecule has 0 saturated carbocycles. The topological polar surface area (TPSA) is 80.3 Å². The molecule has 2 rings (SSSR count). The lowest BCUT2D eigenvalue weighted by Gasteiger charge is -2.05. The second kappa shape index (κ2) is 6.16. The lowest BCUT2D eigenvalue weighted by molar-refractivity contribution is 0.253. The molecule has 0 unspecified atom stereocenters. The number of nitrogens with two attached hydrogens (primary N) is 1. The van der Waals surface area contributed by atoms with Crippen molar-refractivity contribution in [1.82, 2.24) is 10.6 Å². The van der Waals surface area contributed by atoms with Crippen LogP contribution in [0.5, 0.6) is 0 Å². The fourth-order valence-corrected chi connectivity index (χ4v) is 1.74. The Morgan fingerprint density at radius 2 is 1.95 bits per heavy atom. The van der Waals surface area contributed by atoms with Gasteiger partial charge in [-0.15, -0.1) is 0 Å². The Morgan fingerprint density at radius 1 is 1.25 bits per heavy atom. The number of hydrogen-bond donors (Lipinski definition) is 3. The fourth-order valence-electron chi connectivity index (χ4n) is 1.57. The number of furan rings is 1. The summed E-state index contributed by atoms with van der Waals surface area (Å²) < 4.78 is 18.4. The van der Waals surface area contributed by atoms with E-state index >= 15 is 0 Å². The van der Waals surface area contributed by atoms with Crippen LogP contribution in [0.3, 0.4) is 0 Å². The molecule has 7 heteroatoms. The first-order valence-corrected chi connectivity index (χ1v) is 6.14. The van der Waals surface area contributed by atoms with Gasteiger partial charge >= 0.3 is 6.03 Å². The van der Waals surface area contributed by atoms with Crippen molar-refractivity contribution in [2.24, 2.45) is 5.73 Å². The molecule has 0 bridgehead atoms. The molecule has 0 atom stereocenters. The molecule has 1 heterocycles. The smallest absolute Gasteiger partial charge is 0.318 e. The molecular weight excluding hydrogens is 281 g/mol. The number of halogens is 1. The van der Waals surface area contributed by atoms with Gasteiger partial charge in [0.1, 0.15) is 17.3 Å². The summed E-state index contributed by atoms with van der Waals surface area (Å²) >= 11 is 4.84. The van der Waals surface area contributed by atoms with E-state index in [1.54, 1.807) is 24.3 Å². The predicted molar refractivity (Wildman–Crippen MR) is 76.3 cm³/mol. The molecule has 0 radical (unpaired) electrons. The van der Waals surface area contributed by atoms with Crippen LogP contribution in [0.4, 0.5) is 9.18 Å². The van der Waals surface area contributed by atoms with E-state index in [1.165, 1.54) is 12.1 Å². The molecule has 0 aliphatic rings. The zero-order chi connectivity index (χ0) is 14.5. The van der Waals surface area contributed by atoms with E-state index in [9.17, 15) is 9.18 Å². The van der Waals surface area contributed by atoms with E-state index in [4.69, 9.17) is 22.4 Å². The lowest BCUT2D eigenvalue weighted by Crippen LogP contribution is -2.41. The van der Waals surface area contributed by atoms with Crippen molar-refractivity contribution in [3.05, 3.63) is 48.0 Å². The first-order valence-electron chi connectivity index (χ1n) is 5.73. The van der Waals surface area contributed by atoms with E-state index in [-0.39, 0.29) is 10.9 Å². The molecule has 0 aliphatic heterocycles. The summed E-state index contributed by atoms with van der Waals surface area (Å²) in [6.07, 6.45) is 0. The van der Waals surface area contributed by atoms with Gasteiger partial charge in [0.05, 0.1) is 6.54 Å². The molecule has 5 nitrogen and oxygen atoms in total. The number of carbonyl (C=O) groups excluding carboxylic acids is 1. The van der Waals surface area contributed by atoms with Crippen molar-refractivity contribution in [2.45, 2.75) is 6.54 Å². The van der Waals surface area contributed by atoms with Crippen molar-refractivity contribution in [3.8, 4) is 11.3 Å². The van der Waals surface area contributed by atoms with Crippen molar-refractivity contribution in [3.63, 3.8) is 0 Å². The number of amides is 2. The SMILES string of the molecule is NC(=O)NC(=S)NCc1ccc(-c2ccc(F)cc2)o1. The van der Waals surface area contributed by atoms with E-state index < -0.39 is 6.03 Å². The van der Waals surface area contributed by atoms with Gasteiger partial charge in [0.2, 0.25) is 0 Å². The van der Waals surface area contributed by atoms with E-state index in [0.717, 1.165) is 5.56 Å². The number of nitrogens with one attached hydrogen (secondary N) is 2. The third kappa shape index (κ3) is 3.79. The van der Waals surface area contributed by atoms with Gasteiger partial charge in [-0.05, 0) is 48.6 Å². The minimum atomic E-state index is -0.728. The third-order valence-electron chi connectivity index (χ3n) is 2.45. The van der Waals surface area contributed by atoms with Gasteiger partial charge in [-0.3, -0.25) is 5.32 Å². The number of benzene rings is 1. The molecule has 1 aromatic carbocycles. The predicted octanol–water partition coefficient (Wildman–Crippen LogP) is 2.13. The summed E-state index contributed by atoms with van der Waals surface area (Å²) in [5.74, 6) is 0.943. The fraction of sp³-hybridized carbons (Fsp3) is 0.0769. The molecule has 0 saturated heterocycles. The van der Waals surface area contributed by atoms with Crippen molar-refractivity contribution in [1.29, 1.82) is 0 Å². The molecule has 0 fully saturated rings. The molecular formula is C13H12FN3O2S. The number of thiocarbonyl (C=S) groups is 1. The molecule has 4 N–H and O–H groups in total. The second-order valence-electron chi connectivity index (χ2n) is 3.94. The first-order chi connectivity index (χ1) is 9.54. The van der Waals surface area contributed by atoms with Gasteiger partial charge in [-0.2, -0.15) is 0 Å². The van der Waals surface area contributed by atoms with Gasteiger partial charge in [-0.25, -0.2) is 9.18 Å². The van der Waals surface area contributed by atoms with Crippen molar-refractivity contribution >= 4 is 23.4 Å². The van der Waals surface area contributed by atoms with E-state index in [2.05, 4.69) is 10.6 Å². The molecule has 2 aromatic rings. The largest absolute Gasteiger partial charge is 0.459 e. The molecule has 104 valence electrons. The van der Waals surface area contributed by atoms with Crippen LogP contribution in [0.1, 0.15) is 5.76 Å². The van der Waals surface area contributed by atoms with Crippen LogP contribution in [0.15, 0.2) is 40.8 Å². The maximum atomic E-state index is 12.8. The number of urea groups is 1. The maximum absolute atomic E-state index is 12.8. The molecule has 2 amide bonds. The average molecular weight is 293 g/mol. The quantitative estimate of drug-likeness (QED) is 0.757. The highest BCUT2D eigenvalue weighted by molar-refractivity contribution is 7.80. The van der Waals surface area contributed by atoms with Crippen molar-refractivity contribution < 1.29 is 13.6 Å². The number of rotatable bonds is 3. The van der Waals surface area contributed by atoms with Crippen molar-refractivity contribution in [2.75, 3.05) is 0 Å². The Kier molecular flexibility index (Phi) is 4.31. The zero-order valence-corrected chi connectivity index (χ0v) is 11.2. The van der Waals surface area contributed by atoms with Crippen LogP contribution in [-0.4, -0.2) is 11.1 Å². The minimum absolute atomic E-state index is 0.122. The highest BCUT2D eigenvalue weighted by atomic mass is 32.1.